The average Bonchev–Trinajstić information content (AvgIpc) is 2.95. The normalized spacial score (nSPS) is 26.0. The van der Waals surface area contributed by atoms with E-state index in [2.05, 4.69) is 18.8 Å². The molecule has 0 aromatic rings. The summed E-state index contributed by atoms with van der Waals surface area (Å²) in [7, 11) is 0. The van der Waals surface area contributed by atoms with Crippen LogP contribution in [0.1, 0.15) is 84.5 Å². The molecule has 5 heteroatoms. The summed E-state index contributed by atoms with van der Waals surface area (Å²) in [5, 5.41) is 40.2. The molecule has 1 unspecified atom stereocenters. The first-order valence-corrected chi connectivity index (χ1v) is 11.4. The summed E-state index contributed by atoms with van der Waals surface area (Å²) in [6, 6.07) is 0. The molecule has 1 fully saturated rings. The molecule has 5 atom stereocenters. The number of aliphatic hydroxyl groups is 3. The minimum Gasteiger partial charge on any atom is -0.481 e. The Balaban J connectivity index is 2.62. The number of carboxylic acid groups (broad SMARTS) is 1. The number of aliphatic carboxylic acids is 1. The van der Waals surface area contributed by atoms with Gasteiger partial charge in [-0.2, -0.15) is 0 Å². The minimum absolute atomic E-state index is 0.0816. The maximum atomic E-state index is 10.8. The molecule has 5 nitrogen and oxygen atoms in total. The van der Waals surface area contributed by atoms with Gasteiger partial charge in [-0.3, -0.25) is 4.79 Å². The quantitative estimate of drug-likeness (QED) is 0.192. The number of rotatable bonds is 14. The van der Waals surface area contributed by atoms with Crippen LogP contribution in [-0.4, -0.2) is 44.2 Å². The zero-order valence-corrected chi connectivity index (χ0v) is 18.6. The van der Waals surface area contributed by atoms with Crippen LogP contribution >= 0.6 is 0 Å². The molecule has 0 radical (unpaired) electrons. The standard InChI is InChI=1S/C25H40O5/c1-3-5-6-11-17-25(30,16-4-2)18-12-14-21-20(22(26)19-23(21)27)13-9-7-8-10-15-24(28)29/h7,9,12,14,20-23,26-27,30H,3,5-6,8,10-11,13,15,17-19H2,1-2H3,(H,28,29)/t20-,21-,22-,23-,25?/m1/s1. The molecule has 1 saturated carbocycles. The monoisotopic (exact) mass is 420 g/mol. The van der Waals surface area contributed by atoms with Crippen molar-refractivity contribution in [1.82, 2.24) is 0 Å². The van der Waals surface area contributed by atoms with Crippen molar-refractivity contribution in [2.24, 2.45) is 11.8 Å². The average molecular weight is 421 g/mol. The first-order valence-electron chi connectivity index (χ1n) is 11.4. The van der Waals surface area contributed by atoms with Gasteiger partial charge < -0.3 is 20.4 Å². The van der Waals surface area contributed by atoms with Crippen LogP contribution in [-0.2, 0) is 4.79 Å². The van der Waals surface area contributed by atoms with E-state index in [9.17, 15) is 20.1 Å². The Morgan fingerprint density at radius 2 is 1.87 bits per heavy atom. The van der Waals surface area contributed by atoms with Crippen molar-refractivity contribution in [2.75, 3.05) is 0 Å². The lowest BCUT2D eigenvalue weighted by Gasteiger charge is -2.22. The minimum atomic E-state index is -1.04. The second-order valence-corrected chi connectivity index (χ2v) is 8.45. The fourth-order valence-electron chi connectivity index (χ4n) is 4.16. The Morgan fingerprint density at radius 1 is 1.10 bits per heavy atom. The highest BCUT2D eigenvalue weighted by molar-refractivity contribution is 5.66. The van der Waals surface area contributed by atoms with Crippen molar-refractivity contribution in [1.29, 1.82) is 0 Å². The van der Waals surface area contributed by atoms with Crippen LogP contribution in [0, 0.1) is 23.7 Å². The fraction of sp³-hybridized carbons (Fsp3) is 0.720. The Bertz CT molecular complexity index is 615. The predicted molar refractivity (Wildman–Crippen MR) is 120 cm³/mol. The van der Waals surface area contributed by atoms with E-state index in [1.165, 1.54) is 0 Å². The number of unbranched alkanes of at least 4 members (excludes halogenated alkanes) is 4. The third-order valence-corrected chi connectivity index (χ3v) is 5.87. The lowest BCUT2D eigenvalue weighted by Crippen LogP contribution is -2.26. The van der Waals surface area contributed by atoms with Gasteiger partial charge in [-0.15, -0.1) is 5.92 Å². The molecule has 4 N–H and O–H groups in total. The van der Waals surface area contributed by atoms with Crippen molar-refractivity contribution in [3.05, 3.63) is 24.3 Å². The summed E-state index contributed by atoms with van der Waals surface area (Å²) >= 11 is 0. The highest BCUT2D eigenvalue weighted by Crippen LogP contribution is 2.36. The van der Waals surface area contributed by atoms with Crippen LogP contribution in [0.5, 0.6) is 0 Å². The summed E-state index contributed by atoms with van der Waals surface area (Å²) in [6.07, 6.45) is 14.4. The van der Waals surface area contributed by atoms with Crippen molar-refractivity contribution in [3.8, 4) is 11.8 Å². The molecular weight excluding hydrogens is 380 g/mol. The lowest BCUT2D eigenvalue weighted by molar-refractivity contribution is -0.137. The smallest absolute Gasteiger partial charge is 0.303 e. The van der Waals surface area contributed by atoms with Gasteiger partial charge in [0.25, 0.3) is 0 Å². The van der Waals surface area contributed by atoms with Crippen molar-refractivity contribution in [3.63, 3.8) is 0 Å². The van der Waals surface area contributed by atoms with Gasteiger partial charge in [0.05, 0.1) is 12.2 Å². The molecular formula is C25H40O5. The first kappa shape index (κ1) is 26.4. The summed E-state index contributed by atoms with van der Waals surface area (Å²) in [4.78, 5) is 10.5. The van der Waals surface area contributed by atoms with Gasteiger partial charge in [0.2, 0.25) is 0 Å². The maximum Gasteiger partial charge on any atom is 0.303 e. The molecule has 0 bridgehead atoms. The Morgan fingerprint density at radius 3 is 2.53 bits per heavy atom. The second-order valence-electron chi connectivity index (χ2n) is 8.45. The molecule has 1 rings (SSSR count). The number of carbonyl (C=O) groups is 1. The van der Waals surface area contributed by atoms with E-state index in [0.717, 1.165) is 25.7 Å². The van der Waals surface area contributed by atoms with Crippen LogP contribution in [0.3, 0.4) is 0 Å². The van der Waals surface area contributed by atoms with Gasteiger partial charge in [-0.1, -0.05) is 56.4 Å². The van der Waals surface area contributed by atoms with E-state index in [-0.39, 0.29) is 18.3 Å². The molecule has 0 spiro atoms. The van der Waals surface area contributed by atoms with Gasteiger partial charge in [-0.05, 0) is 44.9 Å². The molecule has 0 heterocycles. The largest absolute Gasteiger partial charge is 0.481 e. The Kier molecular flexibility index (Phi) is 12.7. The van der Waals surface area contributed by atoms with Crippen molar-refractivity contribution >= 4 is 5.97 Å². The van der Waals surface area contributed by atoms with Gasteiger partial charge in [-0.25, -0.2) is 0 Å². The van der Waals surface area contributed by atoms with E-state index < -0.39 is 23.8 Å². The SMILES string of the molecule is CC#CC(O)(CC=C[C@@H]1[C@@H](CC=CCCCC(=O)O)[C@H](O)C[C@H]1O)CCCCCC. The highest BCUT2D eigenvalue weighted by atomic mass is 16.4. The summed E-state index contributed by atoms with van der Waals surface area (Å²) in [5.74, 6) is 4.74. The highest BCUT2D eigenvalue weighted by Gasteiger charge is 2.39. The second kappa shape index (κ2) is 14.4. The van der Waals surface area contributed by atoms with Gasteiger partial charge >= 0.3 is 5.97 Å². The molecule has 30 heavy (non-hydrogen) atoms. The van der Waals surface area contributed by atoms with Crippen LogP contribution in [0.4, 0.5) is 0 Å². The van der Waals surface area contributed by atoms with Crippen LogP contribution < -0.4 is 0 Å². The number of hydrogen-bond donors (Lipinski definition) is 4. The Labute approximate surface area is 181 Å². The molecule has 0 amide bonds. The predicted octanol–water partition coefficient (Wildman–Crippen LogP) is 4.22. The summed E-state index contributed by atoms with van der Waals surface area (Å²) < 4.78 is 0. The molecule has 0 aromatic heterocycles. The zero-order chi connectivity index (χ0) is 22.4. The molecule has 1 aliphatic rings. The van der Waals surface area contributed by atoms with Crippen LogP contribution in [0.25, 0.3) is 0 Å². The summed E-state index contributed by atoms with van der Waals surface area (Å²) in [5.41, 5.74) is -1.04. The van der Waals surface area contributed by atoms with Gasteiger partial charge in [0.15, 0.2) is 0 Å². The zero-order valence-electron chi connectivity index (χ0n) is 18.6. The molecule has 0 saturated heterocycles. The Hall–Kier alpha value is -1.61. The van der Waals surface area contributed by atoms with Crippen LogP contribution in [0.15, 0.2) is 24.3 Å². The topological polar surface area (TPSA) is 98.0 Å². The maximum absolute atomic E-state index is 10.8. The number of allylic oxidation sites excluding steroid dienone is 2. The third-order valence-electron chi connectivity index (χ3n) is 5.87. The van der Waals surface area contributed by atoms with Crippen molar-refractivity contribution < 1.29 is 25.2 Å². The van der Waals surface area contributed by atoms with E-state index in [0.29, 0.717) is 38.5 Å². The summed E-state index contributed by atoms with van der Waals surface area (Å²) in [6.45, 7) is 3.89. The third kappa shape index (κ3) is 9.93. The van der Waals surface area contributed by atoms with E-state index in [1.807, 2.05) is 24.3 Å². The number of aliphatic hydroxyl groups excluding tert-OH is 2. The molecule has 1 aliphatic carbocycles. The molecule has 0 aliphatic heterocycles. The van der Waals surface area contributed by atoms with E-state index in [4.69, 9.17) is 5.11 Å². The van der Waals surface area contributed by atoms with E-state index in [1.54, 1.807) is 6.92 Å². The van der Waals surface area contributed by atoms with Gasteiger partial charge in [0, 0.05) is 25.2 Å². The van der Waals surface area contributed by atoms with Gasteiger partial charge in [0.1, 0.15) is 5.60 Å². The van der Waals surface area contributed by atoms with Crippen LogP contribution in [0.2, 0.25) is 0 Å². The number of hydrogen-bond acceptors (Lipinski definition) is 4. The first-order chi connectivity index (χ1) is 14.3. The fourth-order valence-corrected chi connectivity index (χ4v) is 4.16. The lowest BCUT2D eigenvalue weighted by atomic mass is 9.88. The molecule has 0 aromatic carbocycles. The van der Waals surface area contributed by atoms with E-state index >= 15 is 0 Å². The van der Waals surface area contributed by atoms with Crippen molar-refractivity contribution in [2.45, 2.75) is 102 Å². The molecule has 170 valence electrons. The number of carboxylic acids is 1.